The number of amides is 1. The largest absolute Gasteiger partial charge is 0.393 e. The average molecular weight is 308 g/mol. The minimum absolute atomic E-state index is 0.108. The number of nitrogens with zero attached hydrogens (tertiary/aromatic N) is 2. The van der Waals surface area contributed by atoms with Gasteiger partial charge in [0.2, 0.25) is 5.91 Å². The molecule has 8 heteroatoms. The first-order valence-corrected chi connectivity index (χ1v) is 6.44. The lowest BCUT2D eigenvalue weighted by Crippen LogP contribution is -2.42. The molecule has 1 aromatic heterocycles. The smallest absolute Gasteiger partial charge is 0.366 e. The molecule has 0 bridgehead atoms. The van der Waals surface area contributed by atoms with Crippen molar-refractivity contribution < 1.29 is 18.0 Å². The Morgan fingerprint density at radius 2 is 2.20 bits per heavy atom. The van der Waals surface area contributed by atoms with Gasteiger partial charge in [0, 0.05) is 19.3 Å². The molecule has 20 heavy (non-hydrogen) atoms. The number of pyridine rings is 1. The van der Waals surface area contributed by atoms with Gasteiger partial charge in [0.25, 0.3) is 0 Å². The number of piperidine rings is 1. The summed E-state index contributed by atoms with van der Waals surface area (Å²) in [6.45, 7) is 0.279. The maximum Gasteiger partial charge on any atom is 0.393 e. The standard InChI is InChI=1S/C12H13ClF3N3O/c13-9-4-7(10(17)20)5-18-11(9)19-3-1-2-8(6-19)12(14,15)16/h4-5,8H,1-3,6H2,(H2,17,20). The molecule has 0 radical (unpaired) electrons. The Balaban J connectivity index is 2.21. The highest BCUT2D eigenvalue weighted by Crippen LogP contribution is 2.36. The van der Waals surface area contributed by atoms with Gasteiger partial charge in [-0.3, -0.25) is 4.79 Å². The summed E-state index contributed by atoms with van der Waals surface area (Å²) in [5.41, 5.74) is 5.22. The van der Waals surface area contributed by atoms with Gasteiger partial charge in [-0.05, 0) is 18.9 Å². The second-order valence-electron chi connectivity index (χ2n) is 4.72. The molecule has 2 heterocycles. The zero-order chi connectivity index (χ0) is 14.9. The Labute approximate surface area is 118 Å². The van der Waals surface area contributed by atoms with Crippen LogP contribution in [0.15, 0.2) is 12.3 Å². The molecule has 110 valence electrons. The lowest BCUT2D eigenvalue weighted by Gasteiger charge is -2.34. The molecule has 1 aliphatic rings. The molecule has 1 aromatic rings. The van der Waals surface area contributed by atoms with E-state index in [1.54, 1.807) is 0 Å². The minimum Gasteiger partial charge on any atom is -0.366 e. The minimum atomic E-state index is -4.22. The summed E-state index contributed by atoms with van der Waals surface area (Å²) >= 11 is 5.98. The number of primary amides is 1. The third-order valence-electron chi connectivity index (χ3n) is 3.29. The molecule has 0 spiro atoms. The van der Waals surface area contributed by atoms with Crippen LogP contribution >= 0.6 is 11.6 Å². The number of nitrogens with two attached hydrogens (primary N) is 1. The van der Waals surface area contributed by atoms with E-state index < -0.39 is 18.0 Å². The van der Waals surface area contributed by atoms with Gasteiger partial charge in [-0.15, -0.1) is 0 Å². The van der Waals surface area contributed by atoms with Gasteiger partial charge in [0.05, 0.1) is 16.5 Å². The summed E-state index contributed by atoms with van der Waals surface area (Å²) in [6.07, 6.45) is -2.48. The number of hydrogen-bond donors (Lipinski definition) is 1. The average Bonchev–Trinajstić information content (AvgIpc) is 2.37. The van der Waals surface area contributed by atoms with Crippen molar-refractivity contribution in [2.75, 3.05) is 18.0 Å². The molecule has 4 nitrogen and oxygen atoms in total. The molecule has 2 rings (SSSR count). The van der Waals surface area contributed by atoms with E-state index in [4.69, 9.17) is 17.3 Å². The zero-order valence-electron chi connectivity index (χ0n) is 10.5. The first-order chi connectivity index (χ1) is 9.29. The van der Waals surface area contributed by atoms with Crippen molar-refractivity contribution in [3.8, 4) is 0 Å². The van der Waals surface area contributed by atoms with Crippen molar-refractivity contribution in [2.45, 2.75) is 19.0 Å². The number of hydrogen-bond acceptors (Lipinski definition) is 3. The van der Waals surface area contributed by atoms with Crippen LogP contribution in [0.2, 0.25) is 5.02 Å². The molecule has 1 aliphatic heterocycles. The molecule has 1 saturated heterocycles. The quantitative estimate of drug-likeness (QED) is 0.913. The Kier molecular flexibility index (Phi) is 4.08. The second-order valence-corrected chi connectivity index (χ2v) is 5.13. The Morgan fingerprint density at radius 3 is 2.75 bits per heavy atom. The molecular weight excluding hydrogens is 295 g/mol. The Hall–Kier alpha value is -1.50. The van der Waals surface area contributed by atoms with Crippen LogP contribution in [0.4, 0.5) is 19.0 Å². The van der Waals surface area contributed by atoms with Crippen LogP contribution in [-0.4, -0.2) is 30.2 Å². The topological polar surface area (TPSA) is 59.2 Å². The van der Waals surface area contributed by atoms with Crippen molar-refractivity contribution in [3.63, 3.8) is 0 Å². The summed E-state index contributed by atoms with van der Waals surface area (Å²) < 4.78 is 38.3. The number of carbonyl (C=O) groups excluding carboxylic acids is 1. The van der Waals surface area contributed by atoms with E-state index in [1.807, 2.05) is 0 Å². The molecule has 1 unspecified atom stereocenters. The van der Waals surface area contributed by atoms with Crippen LogP contribution in [-0.2, 0) is 0 Å². The summed E-state index contributed by atoms with van der Waals surface area (Å²) in [5.74, 6) is -1.81. The maximum atomic E-state index is 12.8. The van der Waals surface area contributed by atoms with Gasteiger partial charge in [-0.25, -0.2) is 4.98 Å². The monoisotopic (exact) mass is 307 g/mol. The van der Waals surface area contributed by atoms with E-state index in [0.29, 0.717) is 13.0 Å². The highest BCUT2D eigenvalue weighted by atomic mass is 35.5. The third kappa shape index (κ3) is 3.15. The van der Waals surface area contributed by atoms with E-state index in [-0.39, 0.29) is 29.4 Å². The van der Waals surface area contributed by atoms with Crippen LogP contribution in [0.25, 0.3) is 0 Å². The van der Waals surface area contributed by atoms with E-state index in [9.17, 15) is 18.0 Å². The molecular formula is C12H13ClF3N3O. The first kappa shape index (κ1) is 14.9. The molecule has 2 N–H and O–H groups in total. The molecule has 0 aromatic carbocycles. The van der Waals surface area contributed by atoms with E-state index in [1.165, 1.54) is 17.2 Å². The summed E-state index contributed by atoms with van der Waals surface area (Å²) in [5, 5.41) is 0.129. The van der Waals surface area contributed by atoms with E-state index in [0.717, 1.165) is 0 Å². The normalized spacial score (nSPS) is 20.0. The maximum absolute atomic E-state index is 12.8. The summed E-state index contributed by atoms with van der Waals surface area (Å²) in [6, 6.07) is 1.32. The van der Waals surface area contributed by atoms with Crippen LogP contribution in [0, 0.1) is 5.92 Å². The molecule has 1 fully saturated rings. The molecule has 1 amide bonds. The molecule has 0 saturated carbocycles. The van der Waals surface area contributed by atoms with Gasteiger partial charge in [0.15, 0.2) is 0 Å². The Bertz CT molecular complexity index is 521. The number of rotatable bonds is 2. The van der Waals surface area contributed by atoms with Crippen molar-refractivity contribution in [3.05, 3.63) is 22.8 Å². The summed E-state index contributed by atoms with van der Waals surface area (Å²) in [7, 11) is 0. The van der Waals surface area contributed by atoms with E-state index in [2.05, 4.69) is 4.98 Å². The SMILES string of the molecule is NC(=O)c1cnc(N2CCCC(C(F)(F)F)C2)c(Cl)c1. The van der Waals surface area contributed by atoms with E-state index >= 15 is 0 Å². The summed E-state index contributed by atoms with van der Waals surface area (Å²) in [4.78, 5) is 16.4. The van der Waals surface area contributed by atoms with Gasteiger partial charge < -0.3 is 10.6 Å². The van der Waals surface area contributed by atoms with Gasteiger partial charge in [0.1, 0.15) is 5.82 Å². The second kappa shape index (κ2) is 5.47. The van der Waals surface area contributed by atoms with Gasteiger partial charge >= 0.3 is 6.18 Å². The highest BCUT2D eigenvalue weighted by Gasteiger charge is 2.42. The fourth-order valence-corrected chi connectivity index (χ4v) is 2.52. The predicted octanol–water partition coefficient (Wildman–Crippen LogP) is 2.61. The first-order valence-electron chi connectivity index (χ1n) is 6.06. The van der Waals surface area contributed by atoms with Crippen LogP contribution in [0.5, 0.6) is 0 Å². The number of halogens is 4. The van der Waals surface area contributed by atoms with Crippen LogP contribution < -0.4 is 10.6 Å². The number of anilines is 1. The molecule has 0 aliphatic carbocycles. The lowest BCUT2D eigenvalue weighted by molar-refractivity contribution is -0.176. The van der Waals surface area contributed by atoms with Gasteiger partial charge in [-0.1, -0.05) is 11.6 Å². The van der Waals surface area contributed by atoms with Crippen molar-refractivity contribution >= 4 is 23.3 Å². The number of alkyl halides is 3. The predicted molar refractivity (Wildman–Crippen MR) is 68.8 cm³/mol. The van der Waals surface area contributed by atoms with Crippen LogP contribution in [0.1, 0.15) is 23.2 Å². The lowest BCUT2D eigenvalue weighted by atomic mass is 9.97. The van der Waals surface area contributed by atoms with Crippen molar-refractivity contribution in [1.29, 1.82) is 0 Å². The van der Waals surface area contributed by atoms with Crippen LogP contribution in [0.3, 0.4) is 0 Å². The number of aromatic nitrogens is 1. The number of carbonyl (C=O) groups is 1. The third-order valence-corrected chi connectivity index (χ3v) is 3.57. The Morgan fingerprint density at radius 1 is 1.50 bits per heavy atom. The highest BCUT2D eigenvalue weighted by molar-refractivity contribution is 6.33. The molecule has 1 atom stereocenters. The van der Waals surface area contributed by atoms with Crippen molar-refractivity contribution in [2.24, 2.45) is 11.7 Å². The zero-order valence-corrected chi connectivity index (χ0v) is 11.2. The van der Waals surface area contributed by atoms with Crippen molar-refractivity contribution in [1.82, 2.24) is 4.98 Å². The fraction of sp³-hybridized carbons (Fsp3) is 0.500. The fourth-order valence-electron chi connectivity index (χ4n) is 2.23. The van der Waals surface area contributed by atoms with Gasteiger partial charge in [-0.2, -0.15) is 13.2 Å².